The third kappa shape index (κ3) is 5.43. The van der Waals surface area contributed by atoms with E-state index >= 15 is 0 Å². The van der Waals surface area contributed by atoms with Crippen molar-refractivity contribution in [3.05, 3.63) is 82.6 Å². The van der Waals surface area contributed by atoms with Gasteiger partial charge in [0.15, 0.2) is 0 Å². The molecule has 0 aliphatic heterocycles. The van der Waals surface area contributed by atoms with Crippen molar-refractivity contribution in [3.63, 3.8) is 0 Å². The van der Waals surface area contributed by atoms with Crippen LogP contribution in [0.15, 0.2) is 65.7 Å². The standard InChI is InChI=1S/C21H23BrFNO2/c1-3-4-17(18-7-11-20(23)12-8-18)13-14-24(21(25)26)15(2)16-5-9-19(22)10-6-16/h3,5-12,15,17H,1,4,13-14H2,2H3,(H,25,26)/t15-,17-/m0/s1. The predicted molar refractivity (Wildman–Crippen MR) is 106 cm³/mol. The second kappa shape index (κ2) is 9.53. The van der Waals surface area contributed by atoms with Crippen LogP contribution in [-0.2, 0) is 0 Å². The van der Waals surface area contributed by atoms with Crippen molar-refractivity contribution in [3.8, 4) is 0 Å². The van der Waals surface area contributed by atoms with Gasteiger partial charge in [-0.2, -0.15) is 0 Å². The van der Waals surface area contributed by atoms with Gasteiger partial charge >= 0.3 is 6.09 Å². The van der Waals surface area contributed by atoms with E-state index in [-0.39, 0.29) is 17.8 Å². The number of allylic oxidation sites excluding steroid dienone is 1. The highest BCUT2D eigenvalue weighted by molar-refractivity contribution is 9.10. The van der Waals surface area contributed by atoms with Crippen LogP contribution in [0, 0.1) is 5.82 Å². The van der Waals surface area contributed by atoms with Gasteiger partial charge in [0.25, 0.3) is 0 Å². The first kappa shape index (κ1) is 20.2. The second-order valence-corrected chi connectivity index (χ2v) is 7.18. The highest BCUT2D eigenvalue weighted by Gasteiger charge is 2.22. The van der Waals surface area contributed by atoms with E-state index in [1.165, 1.54) is 17.0 Å². The third-order valence-corrected chi connectivity index (χ3v) is 5.11. The topological polar surface area (TPSA) is 40.5 Å². The van der Waals surface area contributed by atoms with Crippen molar-refractivity contribution >= 4 is 22.0 Å². The lowest BCUT2D eigenvalue weighted by Gasteiger charge is -2.28. The smallest absolute Gasteiger partial charge is 0.407 e. The summed E-state index contributed by atoms with van der Waals surface area (Å²) in [6, 6.07) is 13.8. The van der Waals surface area contributed by atoms with E-state index in [9.17, 15) is 14.3 Å². The molecule has 138 valence electrons. The monoisotopic (exact) mass is 419 g/mol. The molecule has 0 aliphatic carbocycles. The van der Waals surface area contributed by atoms with E-state index in [0.29, 0.717) is 19.4 Å². The zero-order valence-electron chi connectivity index (χ0n) is 14.7. The zero-order valence-corrected chi connectivity index (χ0v) is 16.3. The van der Waals surface area contributed by atoms with Crippen molar-refractivity contribution in [2.75, 3.05) is 6.54 Å². The van der Waals surface area contributed by atoms with Crippen LogP contribution in [-0.4, -0.2) is 22.6 Å². The number of amides is 1. The average molecular weight is 420 g/mol. The summed E-state index contributed by atoms with van der Waals surface area (Å²) in [4.78, 5) is 13.2. The van der Waals surface area contributed by atoms with Crippen LogP contribution >= 0.6 is 15.9 Å². The summed E-state index contributed by atoms with van der Waals surface area (Å²) in [6.45, 7) is 6.07. The molecule has 0 aliphatic rings. The van der Waals surface area contributed by atoms with Crippen LogP contribution < -0.4 is 0 Å². The molecule has 0 aromatic heterocycles. The van der Waals surface area contributed by atoms with Crippen LogP contribution in [0.5, 0.6) is 0 Å². The molecule has 0 unspecified atom stereocenters. The number of hydrogen-bond acceptors (Lipinski definition) is 1. The number of nitrogens with zero attached hydrogens (tertiary/aromatic N) is 1. The van der Waals surface area contributed by atoms with E-state index in [0.717, 1.165) is 15.6 Å². The molecule has 2 rings (SSSR count). The molecule has 0 heterocycles. The van der Waals surface area contributed by atoms with Crippen molar-refractivity contribution in [1.29, 1.82) is 0 Å². The summed E-state index contributed by atoms with van der Waals surface area (Å²) in [6.07, 6.45) is 2.23. The van der Waals surface area contributed by atoms with E-state index in [1.54, 1.807) is 12.1 Å². The molecule has 0 saturated carbocycles. The highest BCUT2D eigenvalue weighted by atomic mass is 79.9. The Morgan fingerprint density at radius 2 is 1.77 bits per heavy atom. The van der Waals surface area contributed by atoms with Crippen LogP contribution in [0.3, 0.4) is 0 Å². The lowest BCUT2D eigenvalue weighted by Crippen LogP contribution is -2.33. The molecule has 1 amide bonds. The average Bonchev–Trinajstić information content (AvgIpc) is 2.62. The summed E-state index contributed by atoms with van der Waals surface area (Å²) < 4.78 is 14.1. The fraction of sp³-hybridized carbons (Fsp3) is 0.286. The number of hydrogen-bond donors (Lipinski definition) is 1. The molecule has 26 heavy (non-hydrogen) atoms. The minimum atomic E-state index is -0.947. The van der Waals surface area contributed by atoms with Crippen LogP contribution in [0.25, 0.3) is 0 Å². The van der Waals surface area contributed by atoms with Gasteiger partial charge in [-0.3, -0.25) is 0 Å². The summed E-state index contributed by atoms with van der Waals surface area (Å²) in [5.41, 5.74) is 1.94. The molecule has 0 saturated heterocycles. The maximum atomic E-state index is 13.2. The highest BCUT2D eigenvalue weighted by Crippen LogP contribution is 2.28. The Morgan fingerprint density at radius 1 is 1.19 bits per heavy atom. The number of benzene rings is 2. The first-order valence-corrected chi connectivity index (χ1v) is 9.33. The molecule has 2 aromatic carbocycles. The quantitative estimate of drug-likeness (QED) is 0.504. The summed E-state index contributed by atoms with van der Waals surface area (Å²) in [7, 11) is 0. The SMILES string of the molecule is C=CC[C@@H](CCN(C(=O)O)[C@@H](C)c1ccc(Br)cc1)c1ccc(F)cc1. The predicted octanol–water partition coefficient (Wildman–Crippen LogP) is 6.38. The van der Waals surface area contributed by atoms with E-state index in [1.807, 2.05) is 37.3 Å². The minimum Gasteiger partial charge on any atom is -0.465 e. The summed E-state index contributed by atoms with van der Waals surface area (Å²) in [5, 5.41) is 9.66. The molecule has 0 radical (unpaired) electrons. The molecule has 0 fully saturated rings. The second-order valence-electron chi connectivity index (χ2n) is 6.27. The van der Waals surface area contributed by atoms with Gasteiger partial charge in [0.1, 0.15) is 5.82 Å². The Hall–Kier alpha value is -2.14. The van der Waals surface area contributed by atoms with Gasteiger partial charge in [-0.15, -0.1) is 6.58 Å². The molecule has 1 N–H and O–H groups in total. The number of carboxylic acid groups (broad SMARTS) is 1. The minimum absolute atomic E-state index is 0.104. The lowest BCUT2D eigenvalue weighted by molar-refractivity contribution is 0.126. The number of halogens is 2. The van der Waals surface area contributed by atoms with Crippen LogP contribution in [0.4, 0.5) is 9.18 Å². The van der Waals surface area contributed by atoms with Crippen molar-refractivity contribution in [2.45, 2.75) is 31.7 Å². The molecule has 3 nitrogen and oxygen atoms in total. The van der Waals surface area contributed by atoms with Gasteiger partial charge in [-0.25, -0.2) is 9.18 Å². The fourth-order valence-corrected chi connectivity index (χ4v) is 3.29. The number of carbonyl (C=O) groups is 1. The fourth-order valence-electron chi connectivity index (χ4n) is 3.03. The first-order chi connectivity index (χ1) is 12.4. The van der Waals surface area contributed by atoms with Crippen LogP contribution in [0.1, 0.15) is 42.9 Å². The Labute approximate surface area is 162 Å². The molecular formula is C21H23BrFNO2. The van der Waals surface area contributed by atoms with E-state index in [4.69, 9.17) is 0 Å². The molecular weight excluding hydrogens is 397 g/mol. The molecule has 2 aromatic rings. The van der Waals surface area contributed by atoms with Crippen molar-refractivity contribution in [2.24, 2.45) is 0 Å². The van der Waals surface area contributed by atoms with Gasteiger partial charge in [0.2, 0.25) is 0 Å². The molecule has 0 bridgehead atoms. The normalized spacial score (nSPS) is 13.0. The number of rotatable bonds is 8. The van der Waals surface area contributed by atoms with E-state index in [2.05, 4.69) is 22.5 Å². The van der Waals surface area contributed by atoms with Gasteiger partial charge < -0.3 is 10.0 Å². The third-order valence-electron chi connectivity index (χ3n) is 4.58. The largest absolute Gasteiger partial charge is 0.465 e. The molecule has 5 heteroatoms. The van der Waals surface area contributed by atoms with Crippen LogP contribution in [0.2, 0.25) is 0 Å². The molecule has 2 atom stereocenters. The Balaban J connectivity index is 2.12. The summed E-state index contributed by atoms with van der Waals surface area (Å²) in [5.74, 6) is -0.172. The van der Waals surface area contributed by atoms with Crippen molar-refractivity contribution < 1.29 is 14.3 Å². The van der Waals surface area contributed by atoms with Gasteiger partial charge in [-0.05, 0) is 61.1 Å². The lowest BCUT2D eigenvalue weighted by atomic mass is 9.92. The first-order valence-electron chi connectivity index (χ1n) is 8.53. The maximum Gasteiger partial charge on any atom is 0.407 e. The zero-order chi connectivity index (χ0) is 19.1. The Kier molecular flexibility index (Phi) is 7.39. The molecule has 0 spiro atoms. The van der Waals surface area contributed by atoms with Gasteiger partial charge in [0.05, 0.1) is 6.04 Å². The Morgan fingerprint density at radius 3 is 2.31 bits per heavy atom. The van der Waals surface area contributed by atoms with Gasteiger partial charge in [0, 0.05) is 11.0 Å². The summed E-state index contributed by atoms with van der Waals surface area (Å²) >= 11 is 3.39. The van der Waals surface area contributed by atoms with Gasteiger partial charge in [-0.1, -0.05) is 46.3 Å². The van der Waals surface area contributed by atoms with E-state index < -0.39 is 6.09 Å². The maximum absolute atomic E-state index is 13.2. The van der Waals surface area contributed by atoms with Crippen molar-refractivity contribution in [1.82, 2.24) is 4.90 Å². The Bertz CT molecular complexity index is 731.